The van der Waals surface area contributed by atoms with Gasteiger partial charge in [0.05, 0.1) is 13.2 Å². The third kappa shape index (κ3) is 10.4. The number of ketones is 2. The summed E-state index contributed by atoms with van der Waals surface area (Å²) in [7, 11) is 0. The van der Waals surface area contributed by atoms with E-state index >= 15 is 0 Å². The van der Waals surface area contributed by atoms with Gasteiger partial charge in [-0.25, -0.2) is 0 Å². The van der Waals surface area contributed by atoms with E-state index in [0.29, 0.717) is 122 Å². The van der Waals surface area contributed by atoms with Crippen LogP contribution in [0.2, 0.25) is 0 Å². The van der Waals surface area contributed by atoms with E-state index in [1.807, 2.05) is 44.2 Å². The number of ether oxygens (including phenoxy) is 4. The van der Waals surface area contributed by atoms with Crippen LogP contribution >= 0.6 is 0 Å². The molecule has 11 rings (SSSR count). The van der Waals surface area contributed by atoms with E-state index in [1.54, 1.807) is 0 Å². The van der Waals surface area contributed by atoms with Crippen LogP contribution in [-0.4, -0.2) is 59.6 Å². The predicted molar refractivity (Wildman–Crippen MR) is 283 cm³/mol. The minimum absolute atomic E-state index is 0.0381. The number of hydrogen-bond donors (Lipinski definition) is 4. The lowest BCUT2D eigenvalue weighted by Gasteiger charge is -2.50. The van der Waals surface area contributed by atoms with Crippen molar-refractivity contribution >= 4 is 23.4 Å². The molecular formula is C62H82N2O10. The summed E-state index contributed by atoms with van der Waals surface area (Å²) < 4.78 is 22.2. The Balaban J connectivity index is 0.000000170. The van der Waals surface area contributed by atoms with Crippen molar-refractivity contribution in [3.8, 4) is 34.5 Å². The van der Waals surface area contributed by atoms with Crippen LogP contribution < -0.4 is 29.6 Å². The summed E-state index contributed by atoms with van der Waals surface area (Å²) in [5.41, 5.74) is 5.61. The van der Waals surface area contributed by atoms with Crippen molar-refractivity contribution in [3.05, 3.63) is 70.3 Å². The number of phenolic OH excluding ortho intramolecular Hbond substituents is 2. The van der Waals surface area contributed by atoms with Crippen molar-refractivity contribution in [2.75, 3.05) is 20.0 Å². The molecular weight excluding hydrogens is 933 g/mol. The summed E-state index contributed by atoms with van der Waals surface area (Å²) in [6, 6.07) is 14.0. The molecule has 1 aliphatic heterocycles. The van der Waals surface area contributed by atoms with Gasteiger partial charge in [-0.15, -0.1) is 0 Å². The van der Waals surface area contributed by atoms with E-state index in [2.05, 4.69) is 36.6 Å². The van der Waals surface area contributed by atoms with Gasteiger partial charge in [0.1, 0.15) is 11.6 Å². The fourth-order valence-corrected chi connectivity index (χ4v) is 16.3. The van der Waals surface area contributed by atoms with Crippen LogP contribution in [-0.2, 0) is 38.6 Å². The molecule has 74 heavy (non-hydrogen) atoms. The first-order chi connectivity index (χ1) is 35.8. The zero-order valence-electron chi connectivity index (χ0n) is 44.6. The van der Waals surface area contributed by atoms with Crippen LogP contribution in [0, 0.1) is 46.3 Å². The fourth-order valence-electron chi connectivity index (χ4n) is 16.3. The molecule has 3 aromatic rings. The normalized spacial score (nSPS) is 30.3. The molecule has 8 aliphatic rings. The maximum atomic E-state index is 13.3. The number of benzene rings is 3. The number of nitrogens with one attached hydrogen (secondary N) is 2. The highest BCUT2D eigenvalue weighted by atomic mass is 16.7. The molecule has 2 amide bonds. The number of hydrogen-bond acceptors (Lipinski definition) is 10. The number of carbonyl (C=O) groups is 4. The van der Waals surface area contributed by atoms with Gasteiger partial charge in [0.15, 0.2) is 34.5 Å². The number of aryl methyl sites for hydroxylation is 2. The molecule has 0 saturated heterocycles. The molecule has 5 saturated carbocycles. The van der Waals surface area contributed by atoms with E-state index in [-0.39, 0.29) is 40.9 Å². The number of rotatable bonds is 15. The van der Waals surface area contributed by atoms with E-state index in [1.165, 1.54) is 41.5 Å². The van der Waals surface area contributed by atoms with E-state index in [0.717, 1.165) is 107 Å². The summed E-state index contributed by atoms with van der Waals surface area (Å²) in [5.74, 6) is 7.38. The lowest BCUT2D eigenvalue weighted by molar-refractivity contribution is -0.130. The van der Waals surface area contributed by atoms with Gasteiger partial charge in [-0.3, -0.25) is 19.2 Å². The number of amides is 2. The molecule has 7 aliphatic carbocycles. The SMILES string of the molecule is CCOc1cc2c(cc1O)CCC1C2CC[C@]2(C)C(=O)C[C@H](CCCC(=O)NC3CCCCC3)C12.CCOc1cc2c(cc1O)CCC1C2CC[C@]2(C)C(=O)C[C@H](CCCC(=O)NCc3ccc4c(c3)OCO4)C12. The second-order valence-electron chi connectivity index (χ2n) is 23.9. The molecule has 5 fully saturated rings. The zero-order valence-corrected chi connectivity index (χ0v) is 44.6. The van der Waals surface area contributed by atoms with Gasteiger partial charge in [-0.05, 0) is 215 Å². The average Bonchev–Trinajstić information content (AvgIpc) is 4.06. The first kappa shape index (κ1) is 52.2. The van der Waals surface area contributed by atoms with Crippen LogP contribution in [0.1, 0.15) is 189 Å². The molecule has 0 aromatic heterocycles. The maximum Gasteiger partial charge on any atom is 0.231 e. The standard InChI is InChI=1S/C32H39NO6.C30H43NO4/c1-3-37-27-16-24-20(14-25(27)34)8-9-23-22(24)11-12-32(2)29(35)15-21(31(23)32)5-4-6-30(36)33-17-19-7-10-26-28(13-19)39-18-38-26;1-3-35-26-18-24-19(16-25(26)32)12-13-23-22(24)14-15-30(2)27(33)17-20(29(23)30)8-7-11-28(34)31-21-9-5-4-6-10-21/h7,10,13-14,16,21-23,31,34H,3-6,8-9,11-12,15,17-18H2,1-2H3,(H,33,36);16,18,20-23,29,32H,3-15,17H2,1-2H3,(H,31,34)/t21-,22?,23?,31?,32+;20-,22?,23?,29?,30+/m00/s1. The van der Waals surface area contributed by atoms with Crippen LogP contribution in [0.4, 0.5) is 0 Å². The van der Waals surface area contributed by atoms with Crippen LogP contribution in [0.15, 0.2) is 42.5 Å². The third-order valence-electron chi connectivity index (χ3n) is 19.8. The van der Waals surface area contributed by atoms with Gasteiger partial charge < -0.3 is 39.8 Å². The maximum absolute atomic E-state index is 13.3. The molecule has 400 valence electrons. The lowest BCUT2D eigenvalue weighted by atomic mass is 9.54. The highest BCUT2D eigenvalue weighted by Crippen LogP contribution is 2.64. The summed E-state index contributed by atoms with van der Waals surface area (Å²) in [5, 5.41) is 27.1. The Kier molecular flexibility index (Phi) is 15.6. The second kappa shape index (κ2) is 22.1. The highest BCUT2D eigenvalue weighted by Gasteiger charge is 2.60. The monoisotopic (exact) mass is 1010 g/mol. The van der Waals surface area contributed by atoms with Crippen LogP contribution in [0.25, 0.3) is 0 Å². The van der Waals surface area contributed by atoms with Crippen molar-refractivity contribution in [1.29, 1.82) is 0 Å². The van der Waals surface area contributed by atoms with Crippen LogP contribution in [0.3, 0.4) is 0 Å². The number of fused-ring (bicyclic) bond motifs is 11. The van der Waals surface area contributed by atoms with Gasteiger partial charge in [-0.1, -0.05) is 39.2 Å². The van der Waals surface area contributed by atoms with E-state index in [4.69, 9.17) is 18.9 Å². The second-order valence-corrected chi connectivity index (χ2v) is 23.9. The number of aromatic hydroxyl groups is 2. The van der Waals surface area contributed by atoms with Crippen molar-refractivity contribution in [2.24, 2.45) is 46.3 Å². The van der Waals surface area contributed by atoms with Crippen LogP contribution in [0.5, 0.6) is 34.5 Å². The predicted octanol–water partition coefficient (Wildman–Crippen LogP) is 11.7. The summed E-state index contributed by atoms with van der Waals surface area (Å²) in [6.45, 7) is 10.0. The minimum atomic E-state index is -0.259. The number of Topliss-reactive ketones (excluding diaryl/α,β-unsaturated/α-hetero) is 2. The molecule has 0 bridgehead atoms. The Morgan fingerprint density at radius 1 is 0.662 bits per heavy atom. The average molecular weight is 1020 g/mol. The first-order valence-electron chi connectivity index (χ1n) is 28.8. The van der Waals surface area contributed by atoms with Gasteiger partial charge in [0.2, 0.25) is 18.6 Å². The molecule has 0 radical (unpaired) electrons. The Bertz CT molecular complexity index is 2570. The lowest BCUT2D eigenvalue weighted by Crippen LogP contribution is -2.44. The van der Waals surface area contributed by atoms with Gasteiger partial charge in [0, 0.05) is 49.1 Å². The Hall–Kier alpha value is -5.26. The number of phenols is 2. The van der Waals surface area contributed by atoms with Crippen molar-refractivity contribution in [3.63, 3.8) is 0 Å². The molecule has 6 unspecified atom stereocenters. The summed E-state index contributed by atoms with van der Waals surface area (Å²) >= 11 is 0. The molecule has 1 heterocycles. The molecule has 12 nitrogen and oxygen atoms in total. The van der Waals surface area contributed by atoms with Gasteiger partial charge >= 0.3 is 0 Å². The topological polar surface area (TPSA) is 170 Å². The molecule has 3 aromatic carbocycles. The number of carbonyl (C=O) groups excluding carboxylic acids is 4. The smallest absolute Gasteiger partial charge is 0.231 e. The molecule has 0 spiro atoms. The van der Waals surface area contributed by atoms with E-state index < -0.39 is 0 Å². The zero-order chi connectivity index (χ0) is 51.7. The third-order valence-corrected chi connectivity index (χ3v) is 19.8. The quantitative estimate of drug-likeness (QED) is 0.115. The van der Waals surface area contributed by atoms with E-state index in [9.17, 15) is 29.4 Å². The molecule has 10 atom stereocenters. The molecule has 12 heteroatoms. The Labute approximate surface area is 438 Å². The first-order valence-corrected chi connectivity index (χ1v) is 28.8. The van der Waals surface area contributed by atoms with Crippen molar-refractivity contribution in [2.45, 2.75) is 187 Å². The minimum Gasteiger partial charge on any atom is -0.504 e. The fraction of sp³-hybridized carbons (Fsp3) is 0.645. The van der Waals surface area contributed by atoms with Crippen molar-refractivity contribution in [1.82, 2.24) is 10.6 Å². The summed E-state index contributed by atoms with van der Waals surface area (Å²) in [6.07, 6.45) is 19.8. The summed E-state index contributed by atoms with van der Waals surface area (Å²) in [4.78, 5) is 51.8. The Morgan fingerprint density at radius 2 is 1.19 bits per heavy atom. The van der Waals surface area contributed by atoms with Gasteiger partial charge in [0.25, 0.3) is 0 Å². The van der Waals surface area contributed by atoms with Crippen molar-refractivity contribution < 1.29 is 48.3 Å². The highest BCUT2D eigenvalue weighted by molar-refractivity contribution is 5.88. The Morgan fingerprint density at radius 3 is 1.73 bits per heavy atom. The largest absolute Gasteiger partial charge is 0.504 e. The molecule has 4 N–H and O–H groups in total. The van der Waals surface area contributed by atoms with Gasteiger partial charge in [-0.2, -0.15) is 0 Å².